The quantitative estimate of drug-likeness (QED) is 0.737. The number of carbonyl (C=O) groups excluding carboxylic acids is 2. The van der Waals surface area contributed by atoms with Crippen molar-refractivity contribution in [2.75, 3.05) is 39.4 Å². The number of nitrogens with zero attached hydrogens (tertiary/aromatic N) is 1. The Morgan fingerprint density at radius 1 is 1.00 bits per heavy atom. The summed E-state index contributed by atoms with van der Waals surface area (Å²) in [5.74, 6) is -0.445. The predicted octanol–water partition coefficient (Wildman–Crippen LogP) is 2.53. The molecule has 0 unspecified atom stereocenters. The molecule has 1 saturated heterocycles. The second-order valence-electron chi connectivity index (χ2n) is 7.93. The molecule has 160 valence electrons. The lowest BCUT2D eigenvalue weighted by Crippen LogP contribution is -2.45. The third-order valence-corrected chi connectivity index (χ3v) is 5.54. The zero-order valence-electron chi connectivity index (χ0n) is 18.0. The molecule has 0 radical (unpaired) electrons. The summed E-state index contributed by atoms with van der Waals surface area (Å²) >= 11 is 0. The van der Waals surface area contributed by atoms with Crippen LogP contribution in [0.4, 0.5) is 0 Å². The van der Waals surface area contributed by atoms with E-state index < -0.39 is 0 Å². The lowest BCUT2D eigenvalue weighted by molar-refractivity contribution is -0.121. The molecule has 0 aromatic heterocycles. The summed E-state index contributed by atoms with van der Waals surface area (Å²) in [7, 11) is 0. The van der Waals surface area contributed by atoms with Gasteiger partial charge < -0.3 is 15.4 Å². The van der Waals surface area contributed by atoms with Crippen LogP contribution >= 0.6 is 0 Å². The first-order valence-corrected chi connectivity index (χ1v) is 10.4. The van der Waals surface area contributed by atoms with Crippen LogP contribution in [0.25, 0.3) is 0 Å². The smallest absolute Gasteiger partial charge is 0.251 e. The van der Waals surface area contributed by atoms with Crippen molar-refractivity contribution in [2.45, 2.75) is 26.8 Å². The van der Waals surface area contributed by atoms with Gasteiger partial charge in [-0.3, -0.25) is 14.5 Å². The van der Waals surface area contributed by atoms with E-state index >= 15 is 0 Å². The van der Waals surface area contributed by atoms with Gasteiger partial charge in [0.1, 0.15) is 0 Å². The lowest BCUT2D eigenvalue weighted by atomic mass is 10.0. The van der Waals surface area contributed by atoms with Gasteiger partial charge in [0.15, 0.2) is 0 Å². The highest BCUT2D eigenvalue weighted by Crippen LogP contribution is 2.16. The van der Waals surface area contributed by atoms with E-state index in [4.69, 9.17) is 4.74 Å². The summed E-state index contributed by atoms with van der Waals surface area (Å²) in [4.78, 5) is 27.3. The van der Waals surface area contributed by atoms with Crippen molar-refractivity contribution < 1.29 is 14.3 Å². The monoisotopic (exact) mass is 409 g/mol. The molecule has 1 aliphatic heterocycles. The van der Waals surface area contributed by atoms with Gasteiger partial charge in [0.2, 0.25) is 5.91 Å². The molecule has 0 spiro atoms. The molecule has 3 rings (SSSR count). The summed E-state index contributed by atoms with van der Waals surface area (Å²) < 4.78 is 5.43. The summed E-state index contributed by atoms with van der Waals surface area (Å²) in [6, 6.07) is 13.6. The van der Waals surface area contributed by atoms with Crippen molar-refractivity contribution in [2.24, 2.45) is 0 Å². The molecule has 1 aliphatic rings. The molecule has 0 bridgehead atoms. The first-order chi connectivity index (χ1) is 14.4. The molecule has 2 aromatic rings. The minimum Gasteiger partial charge on any atom is -0.379 e. The largest absolute Gasteiger partial charge is 0.379 e. The number of carbonyl (C=O) groups is 2. The van der Waals surface area contributed by atoms with Gasteiger partial charge in [0.05, 0.1) is 25.8 Å². The molecule has 1 atom stereocenters. The Kier molecular flexibility index (Phi) is 7.60. The van der Waals surface area contributed by atoms with Crippen molar-refractivity contribution in [1.29, 1.82) is 0 Å². The summed E-state index contributed by atoms with van der Waals surface area (Å²) in [6.45, 7) is 9.79. The van der Waals surface area contributed by atoms with Crippen LogP contribution in [0.3, 0.4) is 0 Å². The third-order valence-electron chi connectivity index (χ3n) is 5.54. The van der Waals surface area contributed by atoms with Gasteiger partial charge in [-0.25, -0.2) is 0 Å². The average molecular weight is 410 g/mol. The van der Waals surface area contributed by atoms with Crippen LogP contribution < -0.4 is 10.6 Å². The van der Waals surface area contributed by atoms with Gasteiger partial charge in [0.25, 0.3) is 5.91 Å². The first kappa shape index (κ1) is 22.0. The Morgan fingerprint density at radius 3 is 2.37 bits per heavy atom. The molecular weight excluding hydrogens is 378 g/mol. The van der Waals surface area contributed by atoms with Crippen LogP contribution in [0, 0.1) is 20.8 Å². The molecule has 0 aliphatic carbocycles. The standard InChI is InChI=1S/C24H31N3O3/c1-17-4-7-20(8-5-17)22(16-27-10-12-30-13-11-27)26-23(28)15-25-24(29)21-9-6-18(2)19(3)14-21/h4-9,14,22H,10-13,15-16H2,1-3H3,(H,25,29)(H,26,28)/t22-/m1/s1. The topological polar surface area (TPSA) is 70.7 Å². The number of amides is 2. The molecule has 2 aromatic carbocycles. The molecule has 6 heteroatoms. The molecule has 6 nitrogen and oxygen atoms in total. The minimum absolute atomic E-state index is 0.0583. The summed E-state index contributed by atoms with van der Waals surface area (Å²) in [6.07, 6.45) is 0. The van der Waals surface area contributed by atoms with Gasteiger partial charge in [-0.15, -0.1) is 0 Å². The van der Waals surface area contributed by atoms with Crippen LogP contribution in [-0.4, -0.2) is 56.1 Å². The van der Waals surface area contributed by atoms with E-state index in [0.29, 0.717) is 25.3 Å². The number of benzene rings is 2. The van der Waals surface area contributed by atoms with Crippen molar-refractivity contribution in [3.63, 3.8) is 0 Å². The number of rotatable bonds is 7. The number of aryl methyl sites for hydroxylation is 3. The minimum atomic E-state index is -0.242. The van der Waals surface area contributed by atoms with Gasteiger partial charge in [-0.05, 0) is 49.6 Å². The van der Waals surface area contributed by atoms with Crippen molar-refractivity contribution in [3.05, 3.63) is 70.3 Å². The van der Waals surface area contributed by atoms with Gasteiger partial charge in [-0.2, -0.15) is 0 Å². The molecular formula is C24H31N3O3. The van der Waals surface area contributed by atoms with Gasteiger partial charge in [-0.1, -0.05) is 35.9 Å². The Hall–Kier alpha value is -2.70. The van der Waals surface area contributed by atoms with Gasteiger partial charge >= 0.3 is 0 Å². The highest BCUT2D eigenvalue weighted by molar-refractivity contribution is 5.96. The van der Waals surface area contributed by atoms with Crippen molar-refractivity contribution in [1.82, 2.24) is 15.5 Å². The molecule has 1 heterocycles. The number of hydrogen-bond acceptors (Lipinski definition) is 4. The summed E-state index contributed by atoms with van der Waals surface area (Å²) in [5.41, 5.74) is 4.98. The molecule has 2 amide bonds. The zero-order valence-corrected chi connectivity index (χ0v) is 18.0. The van der Waals surface area contributed by atoms with Gasteiger partial charge in [0, 0.05) is 25.2 Å². The van der Waals surface area contributed by atoms with Crippen LogP contribution in [0.15, 0.2) is 42.5 Å². The number of nitrogens with one attached hydrogen (secondary N) is 2. The summed E-state index contributed by atoms with van der Waals surface area (Å²) in [5, 5.41) is 5.82. The Labute approximate surface area is 178 Å². The fourth-order valence-electron chi connectivity index (χ4n) is 3.47. The Morgan fingerprint density at radius 2 is 1.70 bits per heavy atom. The molecule has 30 heavy (non-hydrogen) atoms. The highest BCUT2D eigenvalue weighted by Gasteiger charge is 2.20. The Bertz CT molecular complexity index is 874. The second kappa shape index (κ2) is 10.4. The van der Waals surface area contributed by atoms with E-state index in [9.17, 15) is 9.59 Å². The average Bonchev–Trinajstić information content (AvgIpc) is 2.75. The number of morpholine rings is 1. The van der Waals surface area contributed by atoms with E-state index in [2.05, 4.69) is 27.7 Å². The van der Waals surface area contributed by atoms with E-state index in [1.807, 2.05) is 45.0 Å². The van der Waals surface area contributed by atoms with Crippen molar-refractivity contribution >= 4 is 11.8 Å². The first-order valence-electron chi connectivity index (χ1n) is 10.4. The van der Waals surface area contributed by atoms with Crippen LogP contribution in [-0.2, 0) is 9.53 Å². The number of hydrogen-bond donors (Lipinski definition) is 2. The van der Waals surface area contributed by atoms with E-state index in [0.717, 1.165) is 29.8 Å². The molecule has 0 saturated carbocycles. The SMILES string of the molecule is Cc1ccc([C@@H](CN2CCOCC2)NC(=O)CNC(=O)c2ccc(C)c(C)c2)cc1. The van der Waals surface area contributed by atoms with Crippen LogP contribution in [0.5, 0.6) is 0 Å². The fourth-order valence-corrected chi connectivity index (χ4v) is 3.47. The van der Waals surface area contributed by atoms with Crippen LogP contribution in [0.2, 0.25) is 0 Å². The highest BCUT2D eigenvalue weighted by atomic mass is 16.5. The Balaban J connectivity index is 1.61. The zero-order chi connectivity index (χ0) is 21.5. The molecule has 1 fully saturated rings. The maximum Gasteiger partial charge on any atom is 0.251 e. The predicted molar refractivity (Wildman–Crippen MR) is 118 cm³/mol. The van der Waals surface area contributed by atoms with E-state index in [1.54, 1.807) is 6.07 Å². The second-order valence-corrected chi connectivity index (χ2v) is 7.93. The fraction of sp³-hybridized carbons (Fsp3) is 0.417. The number of ether oxygens (including phenoxy) is 1. The lowest BCUT2D eigenvalue weighted by Gasteiger charge is -2.31. The third kappa shape index (κ3) is 6.15. The van der Waals surface area contributed by atoms with E-state index in [-0.39, 0.29) is 24.4 Å². The maximum absolute atomic E-state index is 12.6. The van der Waals surface area contributed by atoms with Crippen molar-refractivity contribution in [3.8, 4) is 0 Å². The normalized spacial score (nSPS) is 15.4. The maximum atomic E-state index is 12.6. The van der Waals surface area contributed by atoms with E-state index in [1.165, 1.54) is 5.56 Å². The van der Waals surface area contributed by atoms with Crippen LogP contribution in [0.1, 0.15) is 38.7 Å². The molecule has 2 N–H and O–H groups in total.